The van der Waals surface area contributed by atoms with Crippen LogP contribution in [0.1, 0.15) is 0 Å². The van der Waals surface area contributed by atoms with E-state index in [4.69, 9.17) is 0 Å². The lowest BCUT2D eigenvalue weighted by atomic mass is 9.84. The van der Waals surface area contributed by atoms with Gasteiger partial charge in [0.2, 0.25) is 0 Å². The van der Waals surface area contributed by atoms with Gasteiger partial charge in [0.1, 0.15) is 0 Å². The summed E-state index contributed by atoms with van der Waals surface area (Å²) < 4.78 is 7.37. The van der Waals surface area contributed by atoms with Crippen LogP contribution in [0.2, 0.25) is 0 Å². The third-order valence-corrected chi connectivity index (χ3v) is 18.0. The molecule has 0 spiro atoms. The van der Waals surface area contributed by atoms with Crippen molar-refractivity contribution in [2.45, 2.75) is 0 Å². The van der Waals surface area contributed by atoms with Crippen LogP contribution in [-0.2, 0) is 0 Å². The van der Waals surface area contributed by atoms with Gasteiger partial charge in [-0.25, -0.2) is 0 Å². The Morgan fingerprint density at radius 2 is 0.570 bits per heavy atom. The van der Waals surface area contributed by atoms with Crippen molar-refractivity contribution >= 4 is 118 Å². The Hall–Kier alpha value is -10.1. The van der Waals surface area contributed by atoms with Crippen LogP contribution < -0.4 is 0 Å². The highest BCUT2D eigenvalue weighted by Crippen LogP contribution is 2.51. The summed E-state index contributed by atoms with van der Waals surface area (Å²) >= 11 is 1.90. The molecule has 0 fully saturated rings. The Morgan fingerprint density at radius 1 is 0.215 bits per heavy atom. The zero-order chi connectivity index (χ0) is 51.7. The lowest BCUT2D eigenvalue weighted by Gasteiger charge is -2.19. The van der Waals surface area contributed by atoms with Gasteiger partial charge in [-0.05, 0) is 160 Å². The Kier molecular flexibility index (Phi) is 9.62. The van der Waals surface area contributed by atoms with E-state index in [9.17, 15) is 0 Å². The van der Waals surface area contributed by atoms with Gasteiger partial charge in [0.05, 0.1) is 22.1 Å². The molecule has 2 nitrogen and oxygen atoms in total. The lowest BCUT2D eigenvalue weighted by Crippen LogP contribution is -1.93. The minimum atomic E-state index is 1.17. The van der Waals surface area contributed by atoms with E-state index in [0.717, 1.165) is 0 Å². The van der Waals surface area contributed by atoms with Crippen LogP contribution in [-0.4, -0.2) is 9.13 Å². The highest BCUT2D eigenvalue weighted by Gasteiger charge is 2.23. The summed E-state index contributed by atoms with van der Waals surface area (Å²) in [6.07, 6.45) is 0. The highest BCUT2D eigenvalue weighted by molar-refractivity contribution is 7.26. The predicted octanol–water partition coefficient (Wildman–Crippen LogP) is 21.5. The number of benzene rings is 14. The molecule has 3 aromatic heterocycles. The molecule has 0 aliphatic heterocycles. The van der Waals surface area contributed by atoms with Crippen LogP contribution in [0.5, 0.6) is 0 Å². The monoisotopic (exact) mass is 1020 g/mol. The van der Waals surface area contributed by atoms with Gasteiger partial charge in [-0.15, -0.1) is 11.3 Å². The summed E-state index contributed by atoms with van der Waals surface area (Å²) in [4.78, 5) is 0. The second kappa shape index (κ2) is 17.2. The Labute approximate surface area is 459 Å². The van der Waals surface area contributed by atoms with Crippen molar-refractivity contribution < 1.29 is 0 Å². The van der Waals surface area contributed by atoms with Crippen molar-refractivity contribution in [2.75, 3.05) is 0 Å². The number of thiophene rings is 1. The second-order valence-corrected chi connectivity index (χ2v) is 22.1. The normalized spacial score (nSPS) is 12.1. The van der Waals surface area contributed by atoms with Gasteiger partial charge >= 0.3 is 0 Å². The molecule has 17 rings (SSSR count). The van der Waals surface area contributed by atoms with Gasteiger partial charge in [-0.1, -0.05) is 206 Å². The summed E-state index contributed by atoms with van der Waals surface area (Å²) in [6, 6.07) is 104. The third kappa shape index (κ3) is 6.51. The predicted molar refractivity (Wildman–Crippen MR) is 340 cm³/mol. The van der Waals surface area contributed by atoms with E-state index in [0.29, 0.717) is 0 Å². The standard InChI is InChI=1S/C76H46N2S/c1-3-20-50(21-4-1)77-66-35-17-15-24-52(66)64-44-47(39-42-68(64)77)72-54-26-7-9-28-56(54)74(57-29-10-8-27-55(57)72)49-38-41-62-71(46-49)79-70-37-19-34-63(76(62)70)75-60-32-13-11-30-58(60)73(59-31-12-14-33-61(59)75)48-40-43-69-65(45-48)53-25-16-18-36-67(53)78(69)51-22-5-2-6-23-51/h1-46H. The van der Waals surface area contributed by atoms with E-state index >= 15 is 0 Å². The molecule has 3 heterocycles. The van der Waals surface area contributed by atoms with Crippen LogP contribution in [0.4, 0.5) is 0 Å². The van der Waals surface area contributed by atoms with Gasteiger partial charge in [0, 0.05) is 53.1 Å². The fourth-order valence-corrected chi connectivity index (χ4v) is 14.8. The van der Waals surface area contributed by atoms with Crippen molar-refractivity contribution in [1.82, 2.24) is 9.13 Å². The maximum atomic E-state index is 2.46. The molecule has 0 saturated carbocycles. The Bertz CT molecular complexity index is 5250. The van der Waals surface area contributed by atoms with Gasteiger partial charge < -0.3 is 9.13 Å². The number of hydrogen-bond donors (Lipinski definition) is 0. The number of fused-ring (bicyclic) bond motifs is 13. The molecule has 3 heteroatoms. The Balaban J connectivity index is 0.839. The van der Waals surface area contributed by atoms with Gasteiger partial charge in [-0.3, -0.25) is 0 Å². The van der Waals surface area contributed by atoms with Crippen molar-refractivity contribution in [3.63, 3.8) is 0 Å². The molecule has 0 amide bonds. The summed E-state index contributed by atoms with van der Waals surface area (Å²) in [5, 5.41) is 17.6. The molecule has 79 heavy (non-hydrogen) atoms. The fourth-order valence-electron chi connectivity index (χ4n) is 13.6. The van der Waals surface area contributed by atoms with Gasteiger partial charge in [0.25, 0.3) is 0 Å². The summed E-state index contributed by atoms with van der Waals surface area (Å²) in [5.74, 6) is 0. The van der Waals surface area contributed by atoms with Crippen LogP contribution in [0, 0.1) is 0 Å². The maximum Gasteiger partial charge on any atom is 0.0541 e. The highest BCUT2D eigenvalue weighted by atomic mass is 32.1. The average molecular weight is 1020 g/mol. The smallest absolute Gasteiger partial charge is 0.0541 e. The average Bonchev–Trinajstić information content (AvgIpc) is 4.40. The molecule has 0 aliphatic carbocycles. The van der Waals surface area contributed by atoms with E-state index in [1.165, 1.54) is 163 Å². The number of hydrogen-bond acceptors (Lipinski definition) is 1. The quantitative estimate of drug-likeness (QED) is 0.147. The van der Waals surface area contributed by atoms with E-state index in [1.54, 1.807) is 0 Å². The first-order valence-electron chi connectivity index (χ1n) is 27.2. The maximum absolute atomic E-state index is 2.46. The summed E-state index contributed by atoms with van der Waals surface area (Å²) in [6.45, 7) is 0. The first-order chi connectivity index (χ1) is 39.2. The van der Waals surface area contributed by atoms with Crippen molar-refractivity contribution in [3.05, 3.63) is 279 Å². The van der Waals surface area contributed by atoms with E-state index in [-0.39, 0.29) is 0 Å². The minimum absolute atomic E-state index is 1.17. The zero-order valence-corrected chi connectivity index (χ0v) is 43.7. The lowest BCUT2D eigenvalue weighted by molar-refractivity contribution is 1.18. The SMILES string of the molecule is c1ccc(-n2c3ccccc3c3cc(-c4c5ccccc5c(-c5ccc6c(c5)sc5cccc(-c7c8ccccc8c(-c8ccc9c(c8)c8ccccc8n9-c8ccccc8)c8ccccc78)c56)c5ccccc45)ccc32)cc1. The molecule has 0 N–H and O–H groups in total. The number of nitrogens with zero attached hydrogens (tertiary/aromatic N) is 2. The molecule has 0 bridgehead atoms. The van der Waals surface area contributed by atoms with E-state index in [1.807, 2.05) is 11.3 Å². The first-order valence-corrected chi connectivity index (χ1v) is 28.1. The first kappa shape index (κ1) is 44.1. The molecule has 0 radical (unpaired) electrons. The molecule has 14 aromatic carbocycles. The molecular weight excluding hydrogens is 973 g/mol. The largest absolute Gasteiger partial charge is 0.309 e. The number of rotatable bonds is 6. The second-order valence-electron chi connectivity index (χ2n) is 21.0. The molecule has 0 unspecified atom stereocenters. The van der Waals surface area contributed by atoms with Gasteiger partial charge in [-0.2, -0.15) is 0 Å². The van der Waals surface area contributed by atoms with Crippen molar-refractivity contribution in [1.29, 1.82) is 0 Å². The molecule has 17 aromatic rings. The summed E-state index contributed by atoms with van der Waals surface area (Å²) in [5.41, 5.74) is 17.2. The fraction of sp³-hybridized carbons (Fsp3) is 0. The molecule has 366 valence electrons. The zero-order valence-electron chi connectivity index (χ0n) is 42.9. The van der Waals surface area contributed by atoms with E-state index < -0.39 is 0 Å². The van der Waals surface area contributed by atoms with Crippen molar-refractivity contribution in [3.8, 4) is 55.9 Å². The molecular formula is C76H46N2S. The summed E-state index contributed by atoms with van der Waals surface area (Å²) in [7, 11) is 0. The van der Waals surface area contributed by atoms with Gasteiger partial charge in [0.15, 0.2) is 0 Å². The topological polar surface area (TPSA) is 9.86 Å². The van der Waals surface area contributed by atoms with Crippen LogP contribution in [0.3, 0.4) is 0 Å². The molecule has 0 aliphatic rings. The van der Waals surface area contributed by atoms with Crippen LogP contribution in [0.15, 0.2) is 279 Å². The minimum Gasteiger partial charge on any atom is -0.309 e. The van der Waals surface area contributed by atoms with Crippen molar-refractivity contribution in [2.24, 2.45) is 0 Å². The van der Waals surface area contributed by atoms with Crippen LogP contribution in [0.25, 0.3) is 163 Å². The Morgan fingerprint density at radius 3 is 1.01 bits per heavy atom. The number of para-hydroxylation sites is 4. The van der Waals surface area contributed by atoms with E-state index in [2.05, 4.69) is 288 Å². The molecule has 0 saturated heterocycles. The number of aromatic nitrogens is 2. The van der Waals surface area contributed by atoms with Crippen LogP contribution >= 0.6 is 11.3 Å². The third-order valence-electron chi connectivity index (χ3n) is 16.9. The molecule has 0 atom stereocenters.